The Morgan fingerprint density at radius 2 is 1.80 bits per heavy atom. The zero-order valence-corrected chi connectivity index (χ0v) is 13.1. The first kappa shape index (κ1) is 16.9. The average molecular weight is 348 g/mol. The lowest BCUT2D eigenvalue weighted by molar-refractivity contribution is -0.138. The molecule has 2 aromatic heterocycles. The summed E-state index contributed by atoms with van der Waals surface area (Å²) in [5, 5.41) is 4.10. The summed E-state index contributed by atoms with van der Waals surface area (Å²) in [6.07, 6.45) is -1.66. The number of pyridine rings is 1. The summed E-state index contributed by atoms with van der Waals surface area (Å²) in [5.41, 5.74) is -0.284. The minimum atomic E-state index is -4.50. The van der Waals surface area contributed by atoms with Gasteiger partial charge in [0.15, 0.2) is 0 Å². The lowest BCUT2D eigenvalue weighted by Gasteiger charge is -2.11. The molecule has 5 nitrogen and oxygen atoms in total. The van der Waals surface area contributed by atoms with Crippen molar-refractivity contribution in [1.82, 2.24) is 19.3 Å². The van der Waals surface area contributed by atoms with Crippen molar-refractivity contribution in [3.05, 3.63) is 82.3 Å². The normalized spacial score (nSPS) is 11.6. The van der Waals surface area contributed by atoms with Gasteiger partial charge in [0.2, 0.25) is 0 Å². The van der Waals surface area contributed by atoms with Gasteiger partial charge in [-0.25, -0.2) is 9.67 Å². The SMILES string of the molecule is O=c1ccc(C(F)(F)F)cn1Cc1ncnn1CCc1ccccc1. The standard InChI is InChI=1S/C17H15F3N4O/c18-17(19,20)14-6-7-16(25)23(10-14)11-15-21-12-22-24(15)9-8-13-4-2-1-3-5-13/h1-7,10,12H,8-9,11H2. The molecule has 3 rings (SSSR count). The number of aromatic nitrogens is 4. The summed E-state index contributed by atoms with van der Waals surface area (Å²) in [4.78, 5) is 15.9. The molecule has 0 saturated carbocycles. The second kappa shape index (κ2) is 6.92. The number of rotatable bonds is 5. The van der Waals surface area contributed by atoms with Crippen molar-refractivity contribution in [1.29, 1.82) is 0 Å². The molecule has 0 amide bonds. The molecule has 0 unspecified atom stereocenters. The van der Waals surface area contributed by atoms with Gasteiger partial charge in [0.1, 0.15) is 12.2 Å². The second-order valence-corrected chi connectivity index (χ2v) is 5.52. The minimum absolute atomic E-state index is 0.0719. The maximum atomic E-state index is 12.8. The first-order chi connectivity index (χ1) is 11.9. The summed E-state index contributed by atoms with van der Waals surface area (Å²) in [5.74, 6) is 0.428. The van der Waals surface area contributed by atoms with Gasteiger partial charge < -0.3 is 4.57 Å². The molecule has 0 N–H and O–H groups in total. The second-order valence-electron chi connectivity index (χ2n) is 5.52. The molecular weight excluding hydrogens is 333 g/mol. The summed E-state index contributed by atoms with van der Waals surface area (Å²) in [7, 11) is 0. The van der Waals surface area contributed by atoms with Gasteiger partial charge in [-0.1, -0.05) is 30.3 Å². The fraction of sp³-hybridized carbons (Fsp3) is 0.235. The lowest BCUT2D eigenvalue weighted by Crippen LogP contribution is -2.23. The molecular formula is C17H15F3N4O. The van der Waals surface area contributed by atoms with E-state index in [0.717, 1.165) is 28.5 Å². The van der Waals surface area contributed by atoms with Crippen molar-refractivity contribution >= 4 is 0 Å². The number of alkyl halides is 3. The van der Waals surface area contributed by atoms with Crippen LogP contribution in [0.15, 0.2) is 59.8 Å². The molecule has 0 aliphatic carbocycles. The highest BCUT2D eigenvalue weighted by atomic mass is 19.4. The summed E-state index contributed by atoms with van der Waals surface area (Å²) in [6.45, 7) is 0.449. The quantitative estimate of drug-likeness (QED) is 0.712. The van der Waals surface area contributed by atoms with Crippen LogP contribution in [0.5, 0.6) is 0 Å². The van der Waals surface area contributed by atoms with Crippen LogP contribution in [-0.2, 0) is 25.7 Å². The zero-order chi connectivity index (χ0) is 17.9. The molecule has 0 aliphatic rings. The van der Waals surface area contributed by atoms with E-state index in [1.807, 2.05) is 30.3 Å². The molecule has 25 heavy (non-hydrogen) atoms. The van der Waals surface area contributed by atoms with E-state index in [1.165, 1.54) is 6.33 Å². The lowest BCUT2D eigenvalue weighted by atomic mass is 10.1. The Kier molecular flexibility index (Phi) is 4.69. The third kappa shape index (κ3) is 4.14. The molecule has 0 bridgehead atoms. The molecule has 0 radical (unpaired) electrons. The number of hydrogen-bond donors (Lipinski definition) is 0. The number of benzene rings is 1. The zero-order valence-electron chi connectivity index (χ0n) is 13.1. The monoisotopic (exact) mass is 348 g/mol. The number of nitrogens with zero attached hydrogens (tertiary/aromatic N) is 4. The van der Waals surface area contributed by atoms with E-state index in [2.05, 4.69) is 10.1 Å². The van der Waals surface area contributed by atoms with Gasteiger partial charge in [0.05, 0.1) is 12.1 Å². The van der Waals surface area contributed by atoms with Gasteiger partial charge in [-0.3, -0.25) is 4.79 Å². The van der Waals surface area contributed by atoms with Gasteiger partial charge in [-0.2, -0.15) is 18.3 Å². The van der Waals surface area contributed by atoms with Crippen LogP contribution in [0.25, 0.3) is 0 Å². The Hall–Kier alpha value is -2.90. The Labute approximate surface area is 141 Å². The summed E-state index contributed by atoms with van der Waals surface area (Å²) >= 11 is 0. The van der Waals surface area contributed by atoms with Crippen molar-refractivity contribution in [3.63, 3.8) is 0 Å². The molecule has 2 heterocycles. The van der Waals surface area contributed by atoms with E-state index >= 15 is 0 Å². The van der Waals surface area contributed by atoms with E-state index in [1.54, 1.807) is 4.68 Å². The van der Waals surface area contributed by atoms with Gasteiger partial charge in [0.25, 0.3) is 5.56 Å². The predicted molar refractivity (Wildman–Crippen MR) is 85.0 cm³/mol. The number of hydrogen-bond acceptors (Lipinski definition) is 3. The van der Waals surface area contributed by atoms with Gasteiger partial charge in [-0.05, 0) is 18.1 Å². The fourth-order valence-electron chi connectivity index (χ4n) is 2.45. The van der Waals surface area contributed by atoms with Crippen LogP contribution in [0.3, 0.4) is 0 Å². The predicted octanol–water partition coefficient (Wildman–Crippen LogP) is 2.75. The van der Waals surface area contributed by atoms with Crippen molar-refractivity contribution in [2.45, 2.75) is 25.7 Å². The summed E-state index contributed by atoms with van der Waals surface area (Å²) < 4.78 is 41.0. The Morgan fingerprint density at radius 3 is 2.52 bits per heavy atom. The van der Waals surface area contributed by atoms with Crippen LogP contribution >= 0.6 is 0 Å². The van der Waals surface area contributed by atoms with Crippen LogP contribution < -0.4 is 5.56 Å². The summed E-state index contributed by atoms with van der Waals surface area (Å²) in [6, 6.07) is 11.4. The smallest absolute Gasteiger partial charge is 0.307 e. The van der Waals surface area contributed by atoms with E-state index in [9.17, 15) is 18.0 Å². The Bertz CT molecular complexity index is 900. The molecule has 0 fully saturated rings. The first-order valence-corrected chi connectivity index (χ1v) is 7.62. The van der Waals surface area contributed by atoms with Crippen LogP contribution in [-0.4, -0.2) is 19.3 Å². The topological polar surface area (TPSA) is 52.7 Å². The average Bonchev–Trinajstić information content (AvgIpc) is 3.02. The Morgan fingerprint density at radius 1 is 1.04 bits per heavy atom. The minimum Gasteiger partial charge on any atom is -0.307 e. The maximum absolute atomic E-state index is 12.8. The van der Waals surface area contributed by atoms with Gasteiger partial charge >= 0.3 is 6.18 Å². The number of halogens is 3. The highest BCUT2D eigenvalue weighted by Gasteiger charge is 2.31. The van der Waals surface area contributed by atoms with Crippen LogP contribution in [0.1, 0.15) is 17.0 Å². The third-order valence-corrected chi connectivity index (χ3v) is 3.77. The number of aryl methyl sites for hydroxylation is 2. The van der Waals surface area contributed by atoms with Gasteiger partial charge in [0, 0.05) is 18.8 Å². The highest BCUT2D eigenvalue weighted by Crippen LogP contribution is 2.28. The van der Waals surface area contributed by atoms with E-state index in [0.29, 0.717) is 18.8 Å². The molecule has 3 aromatic rings. The van der Waals surface area contributed by atoms with E-state index < -0.39 is 17.3 Å². The van der Waals surface area contributed by atoms with Gasteiger partial charge in [-0.15, -0.1) is 0 Å². The molecule has 0 spiro atoms. The van der Waals surface area contributed by atoms with Crippen molar-refractivity contribution in [2.24, 2.45) is 0 Å². The largest absolute Gasteiger partial charge is 0.417 e. The van der Waals surface area contributed by atoms with Crippen LogP contribution in [0, 0.1) is 0 Å². The first-order valence-electron chi connectivity index (χ1n) is 7.62. The molecule has 0 saturated heterocycles. The fourth-order valence-corrected chi connectivity index (χ4v) is 2.45. The maximum Gasteiger partial charge on any atom is 0.417 e. The Balaban J connectivity index is 1.78. The highest BCUT2D eigenvalue weighted by molar-refractivity contribution is 5.15. The molecule has 0 aliphatic heterocycles. The van der Waals surface area contributed by atoms with Crippen LogP contribution in [0.4, 0.5) is 13.2 Å². The van der Waals surface area contributed by atoms with Crippen LogP contribution in [0.2, 0.25) is 0 Å². The molecule has 8 heteroatoms. The molecule has 1 aromatic carbocycles. The van der Waals surface area contributed by atoms with E-state index in [-0.39, 0.29) is 6.54 Å². The van der Waals surface area contributed by atoms with Crippen molar-refractivity contribution < 1.29 is 13.2 Å². The van der Waals surface area contributed by atoms with Crippen molar-refractivity contribution in [2.75, 3.05) is 0 Å². The van der Waals surface area contributed by atoms with E-state index in [4.69, 9.17) is 0 Å². The molecule has 0 atom stereocenters. The van der Waals surface area contributed by atoms with Crippen molar-refractivity contribution in [3.8, 4) is 0 Å². The molecule has 130 valence electrons. The third-order valence-electron chi connectivity index (χ3n) is 3.77.